The van der Waals surface area contributed by atoms with Crippen LogP contribution >= 0.6 is 0 Å². The van der Waals surface area contributed by atoms with Crippen molar-refractivity contribution in [1.82, 2.24) is 5.32 Å². The lowest BCUT2D eigenvalue weighted by Gasteiger charge is -2.17. The Morgan fingerprint density at radius 2 is 1.89 bits per heavy atom. The summed E-state index contributed by atoms with van der Waals surface area (Å²) in [6, 6.07) is 6.24. The monoisotopic (exact) mass is 284 g/mol. The molecule has 1 aromatic rings. The van der Waals surface area contributed by atoms with Crippen LogP contribution in [0.15, 0.2) is 29.2 Å². The lowest BCUT2D eigenvalue weighted by Crippen LogP contribution is -2.30. The summed E-state index contributed by atoms with van der Waals surface area (Å²) in [4.78, 5) is 10.7. The number of rotatable bonds is 7. The quantitative estimate of drug-likeness (QED) is 0.616. The zero-order valence-corrected chi connectivity index (χ0v) is 12.3. The van der Waals surface area contributed by atoms with E-state index in [0.29, 0.717) is 10.9 Å². The average Bonchev–Trinajstić information content (AvgIpc) is 2.38. The first-order chi connectivity index (χ1) is 8.95. The Labute approximate surface area is 116 Å². The van der Waals surface area contributed by atoms with E-state index in [4.69, 9.17) is 0 Å². The number of hydrogen-bond donors (Lipinski definition) is 1. The van der Waals surface area contributed by atoms with Gasteiger partial charge in [0, 0.05) is 28.3 Å². The van der Waals surface area contributed by atoms with E-state index >= 15 is 0 Å². The maximum absolute atomic E-state index is 12.3. The van der Waals surface area contributed by atoms with Gasteiger partial charge < -0.3 is 5.32 Å². The topological polar surface area (TPSA) is 72.2 Å². The molecule has 19 heavy (non-hydrogen) atoms. The van der Waals surface area contributed by atoms with Gasteiger partial charge in [-0.1, -0.05) is 13.8 Å². The van der Waals surface area contributed by atoms with Gasteiger partial charge >= 0.3 is 0 Å². The maximum Gasteiger partial charge on any atom is 0.269 e. The average molecular weight is 284 g/mol. The predicted octanol–water partition coefficient (Wildman–Crippen LogP) is 2.48. The highest BCUT2D eigenvalue weighted by Crippen LogP contribution is 2.18. The molecule has 0 saturated heterocycles. The second-order valence-electron chi connectivity index (χ2n) is 4.55. The zero-order chi connectivity index (χ0) is 14.4. The third-order valence-corrected chi connectivity index (χ3v) is 4.54. The fraction of sp³-hybridized carbons (Fsp3) is 0.538. The van der Waals surface area contributed by atoms with Crippen molar-refractivity contribution in [1.29, 1.82) is 0 Å². The van der Waals surface area contributed by atoms with Crippen LogP contribution in [-0.2, 0) is 10.8 Å². The lowest BCUT2D eigenvalue weighted by molar-refractivity contribution is -0.384. The van der Waals surface area contributed by atoms with Gasteiger partial charge in [-0.15, -0.1) is 0 Å². The molecule has 0 amide bonds. The van der Waals surface area contributed by atoms with Crippen LogP contribution in [0.5, 0.6) is 0 Å². The van der Waals surface area contributed by atoms with Crippen LogP contribution in [-0.4, -0.2) is 27.0 Å². The summed E-state index contributed by atoms with van der Waals surface area (Å²) in [5, 5.41) is 13.8. The summed E-state index contributed by atoms with van der Waals surface area (Å²) in [5.41, 5.74) is 0.0226. The van der Waals surface area contributed by atoms with Crippen LogP contribution in [0.4, 0.5) is 5.69 Å². The summed E-state index contributed by atoms with van der Waals surface area (Å²) in [6.07, 6.45) is 0.803. The molecule has 0 bridgehead atoms. The number of non-ortho nitro benzene ring substituents is 1. The van der Waals surface area contributed by atoms with Crippen LogP contribution < -0.4 is 5.32 Å². The van der Waals surface area contributed by atoms with Gasteiger partial charge in [-0.05, 0) is 32.0 Å². The molecule has 0 saturated carbocycles. The van der Waals surface area contributed by atoms with Crippen molar-refractivity contribution < 1.29 is 9.13 Å². The van der Waals surface area contributed by atoms with Crippen molar-refractivity contribution >= 4 is 16.5 Å². The van der Waals surface area contributed by atoms with E-state index in [1.54, 1.807) is 12.1 Å². The number of nitrogens with zero attached hydrogens (tertiary/aromatic N) is 1. The normalized spacial score (nSPS) is 15.7. The van der Waals surface area contributed by atoms with E-state index in [1.165, 1.54) is 12.1 Å². The highest BCUT2D eigenvalue weighted by molar-refractivity contribution is 7.85. The van der Waals surface area contributed by atoms with Crippen LogP contribution in [0.2, 0.25) is 0 Å². The lowest BCUT2D eigenvalue weighted by atomic mass is 10.2. The second-order valence-corrected chi connectivity index (χ2v) is 6.42. The predicted molar refractivity (Wildman–Crippen MR) is 76.7 cm³/mol. The number of benzene rings is 1. The first kappa shape index (κ1) is 15.8. The molecule has 0 fully saturated rings. The molecule has 0 aliphatic rings. The molecule has 5 nitrogen and oxygen atoms in total. The molecule has 0 aliphatic carbocycles. The molecule has 0 radical (unpaired) electrons. The highest BCUT2D eigenvalue weighted by atomic mass is 32.2. The molecular weight excluding hydrogens is 264 g/mol. The summed E-state index contributed by atoms with van der Waals surface area (Å²) in [7, 11) is -1.14. The van der Waals surface area contributed by atoms with E-state index in [-0.39, 0.29) is 10.9 Å². The largest absolute Gasteiger partial charge is 0.314 e. The van der Waals surface area contributed by atoms with Crippen molar-refractivity contribution in [3.8, 4) is 0 Å². The number of nitrogens with one attached hydrogen (secondary N) is 1. The molecule has 0 heterocycles. The van der Waals surface area contributed by atoms with E-state index in [0.717, 1.165) is 13.0 Å². The Bertz CT molecular complexity index is 448. The minimum Gasteiger partial charge on any atom is -0.314 e. The molecule has 1 rings (SSSR count). The van der Waals surface area contributed by atoms with Gasteiger partial charge in [-0.25, -0.2) is 0 Å². The molecule has 0 spiro atoms. The van der Waals surface area contributed by atoms with Gasteiger partial charge in [-0.3, -0.25) is 14.3 Å². The molecular formula is C13H20N2O3S. The number of nitro benzene ring substituents is 1. The van der Waals surface area contributed by atoms with Crippen molar-refractivity contribution in [2.24, 2.45) is 0 Å². The minimum absolute atomic E-state index is 0.00973. The molecule has 1 aromatic carbocycles. The van der Waals surface area contributed by atoms with E-state index in [1.807, 2.05) is 13.8 Å². The Morgan fingerprint density at radius 1 is 1.32 bits per heavy atom. The Kier molecular flexibility index (Phi) is 6.11. The standard InChI is InChI=1S/C13H20N2O3S/c1-4-14-10(2)9-11(3)19(18)13-7-5-12(6-8-13)15(16)17/h5-8,10-11,14H,4,9H2,1-3H3. The Hall–Kier alpha value is -1.27. The second kappa shape index (κ2) is 7.35. The number of nitro groups is 1. The Balaban J connectivity index is 2.68. The van der Waals surface area contributed by atoms with Crippen LogP contribution in [0.25, 0.3) is 0 Å². The van der Waals surface area contributed by atoms with Crippen LogP contribution in [0.3, 0.4) is 0 Å². The first-order valence-electron chi connectivity index (χ1n) is 6.34. The summed E-state index contributed by atoms with van der Waals surface area (Å²) in [6.45, 7) is 6.92. The van der Waals surface area contributed by atoms with Crippen molar-refractivity contribution in [3.63, 3.8) is 0 Å². The molecule has 3 atom stereocenters. The van der Waals surface area contributed by atoms with Crippen LogP contribution in [0, 0.1) is 10.1 Å². The van der Waals surface area contributed by atoms with Gasteiger partial charge in [0.1, 0.15) is 0 Å². The summed E-state index contributed by atoms with van der Waals surface area (Å²) < 4.78 is 12.3. The third-order valence-electron chi connectivity index (χ3n) is 2.88. The Morgan fingerprint density at radius 3 is 2.37 bits per heavy atom. The fourth-order valence-electron chi connectivity index (χ4n) is 1.95. The first-order valence-corrected chi connectivity index (χ1v) is 7.55. The minimum atomic E-state index is -1.14. The molecule has 1 N–H and O–H groups in total. The number of hydrogen-bond acceptors (Lipinski definition) is 4. The van der Waals surface area contributed by atoms with E-state index in [9.17, 15) is 14.3 Å². The SMILES string of the molecule is CCNC(C)CC(C)S(=O)c1ccc([N+](=O)[O-])cc1. The summed E-state index contributed by atoms with van der Waals surface area (Å²) >= 11 is 0. The smallest absolute Gasteiger partial charge is 0.269 e. The van der Waals surface area contributed by atoms with Gasteiger partial charge in [0.25, 0.3) is 5.69 Å². The fourth-order valence-corrected chi connectivity index (χ4v) is 3.28. The van der Waals surface area contributed by atoms with E-state index < -0.39 is 15.7 Å². The molecule has 0 aliphatic heterocycles. The van der Waals surface area contributed by atoms with Gasteiger partial charge in [0.15, 0.2) is 0 Å². The van der Waals surface area contributed by atoms with Crippen molar-refractivity contribution in [3.05, 3.63) is 34.4 Å². The molecule has 3 unspecified atom stereocenters. The van der Waals surface area contributed by atoms with Gasteiger partial charge in [0.05, 0.1) is 15.7 Å². The molecule has 106 valence electrons. The molecule has 6 heteroatoms. The highest BCUT2D eigenvalue weighted by Gasteiger charge is 2.17. The summed E-state index contributed by atoms with van der Waals surface area (Å²) in [5.74, 6) is 0. The van der Waals surface area contributed by atoms with Crippen LogP contribution in [0.1, 0.15) is 27.2 Å². The van der Waals surface area contributed by atoms with Crippen molar-refractivity contribution in [2.45, 2.75) is 43.4 Å². The molecule has 0 aromatic heterocycles. The maximum atomic E-state index is 12.3. The van der Waals surface area contributed by atoms with Gasteiger partial charge in [-0.2, -0.15) is 0 Å². The van der Waals surface area contributed by atoms with Crippen molar-refractivity contribution in [2.75, 3.05) is 6.54 Å². The third kappa shape index (κ3) is 4.72. The zero-order valence-electron chi connectivity index (χ0n) is 11.5. The van der Waals surface area contributed by atoms with Gasteiger partial charge in [0.2, 0.25) is 0 Å². The van der Waals surface area contributed by atoms with E-state index in [2.05, 4.69) is 12.2 Å².